The Hall–Kier alpha value is -0.350. The number of rotatable bonds is 2. The number of hydrogen-bond donors (Lipinski definition) is 1. The Balaban J connectivity index is 2.41. The van der Waals surface area contributed by atoms with E-state index in [0.29, 0.717) is 5.02 Å². The van der Waals surface area contributed by atoms with E-state index in [9.17, 15) is 5.11 Å². The quantitative estimate of drug-likeness (QED) is 0.861. The number of halogens is 2. The zero-order valence-electron chi connectivity index (χ0n) is 8.58. The highest BCUT2D eigenvalue weighted by Crippen LogP contribution is 2.35. The molecular formula is C12H10BrClOS. The molecule has 1 unspecified atom stereocenters. The summed E-state index contributed by atoms with van der Waals surface area (Å²) in [6.45, 7) is 1.93. The molecule has 0 bridgehead atoms. The third kappa shape index (κ3) is 2.33. The van der Waals surface area contributed by atoms with Crippen molar-refractivity contribution in [1.29, 1.82) is 0 Å². The SMILES string of the molecule is Cc1cccc(C(O)c2ccc(Br)s2)c1Cl. The molecular weight excluding hydrogens is 308 g/mol. The molecule has 0 spiro atoms. The Kier molecular flexibility index (Phi) is 3.70. The van der Waals surface area contributed by atoms with Gasteiger partial charge in [-0.2, -0.15) is 0 Å². The Morgan fingerprint density at radius 1 is 1.31 bits per heavy atom. The Morgan fingerprint density at radius 2 is 2.06 bits per heavy atom. The van der Waals surface area contributed by atoms with Crippen LogP contribution in [0.2, 0.25) is 5.02 Å². The van der Waals surface area contributed by atoms with Gasteiger partial charge >= 0.3 is 0 Å². The first kappa shape index (κ1) is 12.1. The topological polar surface area (TPSA) is 20.2 Å². The lowest BCUT2D eigenvalue weighted by molar-refractivity contribution is 0.224. The van der Waals surface area contributed by atoms with Crippen LogP contribution < -0.4 is 0 Å². The minimum Gasteiger partial charge on any atom is -0.383 e. The summed E-state index contributed by atoms with van der Waals surface area (Å²) in [4.78, 5) is 0.888. The van der Waals surface area contributed by atoms with Crippen LogP contribution in [0.3, 0.4) is 0 Å². The molecule has 2 aromatic rings. The van der Waals surface area contributed by atoms with Gasteiger partial charge in [-0.25, -0.2) is 0 Å². The standard InChI is InChI=1S/C12H10BrClOS/c1-7-3-2-4-8(11(7)14)12(15)9-5-6-10(13)16-9/h2-6,12,15H,1H3. The molecule has 0 saturated heterocycles. The summed E-state index contributed by atoms with van der Waals surface area (Å²) in [6, 6.07) is 9.52. The molecule has 4 heteroatoms. The monoisotopic (exact) mass is 316 g/mol. The summed E-state index contributed by atoms with van der Waals surface area (Å²) >= 11 is 11.1. The summed E-state index contributed by atoms with van der Waals surface area (Å²) in [5.74, 6) is 0. The van der Waals surface area contributed by atoms with E-state index in [-0.39, 0.29) is 0 Å². The average Bonchev–Trinajstić information content (AvgIpc) is 2.68. The Bertz CT molecular complexity index is 509. The van der Waals surface area contributed by atoms with Gasteiger partial charge in [0.2, 0.25) is 0 Å². The number of hydrogen-bond acceptors (Lipinski definition) is 2. The average molecular weight is 318 g/mol. The van der Waals surface area contributed by atoms with Gasteiger partial charge in [-0.3, -0.25) is 0 Å². The molecule has 0 amide bonds. The van der Waals surface area contributed by atoms with Gasteiger partial charge in [-0.15, -0.1) is 11.3 Å². The highest BCUT2D eigenvalue weighted by atomic mass is 79.9. The predicted octanol–water partition coefficient (Wildman–Crippen LogP) is 4.55. The van der Waals surface area contributed by atoms with E-state index in [1.54, 1.807) is 0 Å². The van der Waals surface area contributed by atoms with Crippen LogP contribution in [-0.2, 0) is 0 Å². The zero-order valence-corrected chi connectivity index (χ0v) is 11.7. The third-order valence-corrected chi connectivity index (χ3v) is 4.57. The molecule has 0 aliphatic heterocycles. The third-order valence-electron chi connectivity index (χ3n) is 2.38. The fourth-order valence-electron chi connectivity index (χ4n) is 1.51. The van der Waals surface area contributed by atoms with E-state index in [0.717, 1.165) is 19.8 Å². The summed E-state index contributed by atoms with van der Waals surface area (Å²) in [6.07, 6.45) is -0.649. The maximum atomic E-state index is 10.2. The fourth-order valence-corrected chi connectivity index (χ4v) is 3.17. The lowest BCUT2D eigenvalue weighted by Gasteiger charge is -2.12. The highest BCUT2D eigenvalue weighted by molar-refractivity contribution is 9.11. The molecule has 0 radical (unpaired) electrons. The molecule has 1 atom stereocenters. The largest absolute Gasteiger partial charge is 0.383 e. The summed E-state index contributed by atoms with van der Waals surface area (Å²) in [5, 5.41) is 10.9. The van der Waals surface area contributed by atoms with Crippen molar-refractivity contribution in [3.8, 4) is 0 Å². The predicted molar refractivity (Wildman–Crippen MR) is 72.3 cm³/mol. The van der Waals surface area contributed by atoms with Gasteiger partial charge in [0.1, 0.15) is 6.10 Å². The first-order chi connectivity index (χ1) is 7.59. The second-order valence-corrected chi connectivity index (χ2v) is 6.40. The molecule has 1 aromatic heterocycles. The second kappa shape index (κ2) is 4.88. The number of benzene rings is 1. The van der Waals surface area contributed by atoms with Crippen molar-refractivity contribution in [3.05, 3.63) is 55.1 Å². The number of aryl methyl sites for hydroxylation is 1. The Morgan fingerprint density at radius 3 is 2.69 bits per heavy atom. The maximum Gasteiger partial charge on any atom is 0.115 e. The normalized spacial score (nSPS) is 12.8. The van der Waals surface area contributed by atoms with E-state index < -0.39 is 6.10 Å². The van der Waals surface area contributed by atoms with Gasteiger partial charge in [0.05, 0.1) is 3.79 Å². The fraction of sp³-hybridized carbons (Fsp3) is 0.167. The lowest BCUT2D eigenvalue weighted by atomic mass is 10.1. The highest BCUT2D eigenvalue weighted by Gasteiger charge is 2.16. The van der Waals surface area contributed by atoms with Gasteiger partial charge in [-0.1, -0.05) is 29.8 Å². The van der Waals surface area contributed by atoms with Gasteiger partial charge in [0, 0.05) is 15.5 Å². The molecule has 1 heterocycles. The van der Waals surface area contributed by atoms with Crippen LogP contribution in [0.25, 0.3) is 0 Å². The van der Waals surface area contributed by atoms with Crippen molar-refractivity contribution in [2.45, 2.75) is 13.0 Å². The van der Waals surface area contributed by atoms with Crippen LogP contribution in [0.5, 0.6) is 0 Å². The van der Waals surface area contributed by atoms with Crippen LogP contribution in [0.4, 0.5) is 0 Å². The summed E-state index contributed by atoms with van der Waals surface area (Å²) < 4.78 is 1.00. The minimum atomic E-state index is -0.649. The first-order valence-corrected chi connectivity index (χ1v) is 6.76. The van der Waals surface area contributed by atoms with Gasteiger partial charge in [-0.05, 0) is 40.5 Å². The molecule has 1 N–H and O–H groups in total. The molecule has 16 heavy (non-hydrogen) atoms. The summed E-state index contributed by atoms with van der Waals surface area (Å²) in [7, 11) is 0. The molecule has 1 aromatic carbocycles. The summed E-state index contributed by atoms with van der Waals surface area (Å²) in [5.41, 5.74) is 1.74. The number of thiophene rings is 1. The van der Waals surface area contributed by atoms with Gasteiger partial charge in [0.25, 0.3) is 0 Å². The van der Waals surface area contributed by atoms with E-state index in [1.807, 2.05) is 37.3 Å². The van der Waals surface area contributed by atoms with Crippen LogP contribution in [-0.4, -0.2) is 5.11 Å². The van der Waals surface area contributed by atoms with Crippen LogP contribution in [0.1, 0.15) is 22.1 Å². The van der Waals surface area contributed by atoms with Crippen molar-refractivity contribution in [3.63, 3.8) is 0 Å². The lowest BCUT2D eigenvalue weighted by Crippen LogP contribution is -1.98. The van der Waals surface area contributed by atoms with E-state index in [4.69, 9.17) is 11.6 Å². The Labute approximate surface area is 112 Å². The maximum absolute atomic E-state index is 10.2. The van der Waals surface area contributed by atoms with Crippen LogP contribution in [0, 0.1) is 6.92 Å². The molecule has 0 aliphatic carbocycles. The molecule has 2 rings (SSSR count). The minimum absolute atomic E-state index is 0.638. The van der Waals surface area contributed by atoms with Crippen molar-refractivity contribution in [2.24, 2.45) is 0 Å². The van der Waals surface area contributed by atoms with Gasteiger partial charge < -0.3 is 5.11 Å². The zero-order chi connectivity index (χ0) is 11.7. The van der Waals surface area contributed by atoms with Gasteiger partial charge in [0.15, 0.2) is 0 Å². The molecule has 0 saturated carbocycles. The number of aliphatic hydroxyl groups excluding tert-OH is 1. The van der Waals surface area contributed by atoms with Crippen molar-refractivity contribution in [2.75, 3.05) is 0 Å². The second-order valence-electron chi connectivity index (χ2n) is 3.52. The molecule has 84 valence electrons. The van der Waals surface area contributed by atoms with E-state index in [1.165, 1.54) is 11.3 Å². The van der Waals surface area contributed by atoms with Crippen molar-refractivity contribution in [1.82, 2.24) is 0 Å². The van der Waals surface area contributed by atoms with Crippen molar-refractivity contribution < 1.29 is 5.11 Å². The smallest absolute Gasteiger partial charge is 0.115 e. The first-order valence-electron chi connectivity index (χ1n) is 4.78. The number of aliphatic hydroxyl groups is 1. The van der Waals surface area contributed by atoms with E-state index in [2.05, 4.69) is 15.9 Å². The van der Waals surface area contributed by atoms with E-state index >= 15 is 0 Å². The molecule has 1 nitrogen and oxygen atoms in total. The van der Waals surface area contributed by atoms with Crippen LogP contribution in [0.15, 0.2) is 34.1 Å². The molecule has 0 fully saturated rings. The van der Waals surface area contributed by atoms with Crippen LogP contribution >= 0.6 is 38.9 Å². The molecule has 0 aliphatic rings. The van der Waals surface area contributed by atoms with Crippen molar-refractivity contribution >= 4 is 38.9 Å².